The van der Waals surface area contributed by atoms with Gasteiger partial charge < -0.3 is 0 Å². The molecule has 0 atom stereocenters. The number of oxazole rings is 1. The number of unbranched alkanes of at least 4 members (excludes halogenated alkanes) is 4. The summed E-state index contributed by atoms with van der Waals surface area (Å²) in [5, 5.41) is 3.47. The molecule has 0 radical (unpaired) electrons. The summed E-state index contributed by atoms with van der Waals surface area (Å²) in [5.41, 5.74) is 2.39. The topological polar surface area (TPSA) is 38.1 Å². The maximum absolute atomic E-state index is 5.58. The molecule has 0 spiro atoms. The summed E-state index contributed by atoms with van der Waals surface area (Å²) in [5.74, 6) is 0.794. The first kappa shape index (κ1) is 19.3. The van der Waals surface area contributed by atoms with E-state index in [2.05, 4.69) is 41.5 Å². The molecule has 1 aromatic carbocycles. The summed E-state index contributed by atoms with van der Waals surface area (Å²) in [6, 6.07) is 10.5. The number of hydrogen-bond acceptors (Lipinski definition) is 3. The van der Waals surface area contributed by atoms with Gasteiger partial charge in [-0.2, -0.15) is 0 Å². The normalized spacial score (nSPS) is 10.9. The maximum atomic E-state index is 5.58. The average Bonchev–Trinajstić information content (AvgIpc) is 3.07. The Morgan fingerprint density at radius 1 is 1.08 bits per heavy atom. The summed E-state index contributed by atoms with van der Waals surface area (Å²) < 4.78 is 7.00. The summed E-state index contributed by atoms with van der Waals surface area (Å²) in [6.45, 7) is 2.96. The molecule has 3 nitrogen and oxygen atoms in total. The Morgan fingerprint density at radius 2 is 1.88 bits per heavy atom. The van der Waals surface area contributed by atoms with E-state index in [1.54, 1.807) is 6.26 Å². The predicted molar refractivity (Wildman–Crippen MR) is 95.6 cm³/mol. The fourth-order valence-corrected chi connectivity index (χ4v) is 3.39. The Hall–Kier alpha value is -1.05. The minimum absolute atomic E-state index is 0.707. The summed E-state index contributed by atoms with van der Waals surface area (Å²) in [7, 11) is 0. The first-order valence-electron chi connectivity index (χ1n) is 9.02. The van der Waals surface area contributed by atoms with Crippen LogP contribution < -0.4 is 5.32 Å². The molecular formula is C20H28N2OW. The van der Waals surface area contributed by atoms with Crippen molar-refractivity contribution in [2.24, 2.45) is 0 Å². The van der Waals surface area contributed by atoms with Crippen molar-refractivity contribution in [3.05, 3.63) is 53.7 Å². The van der Waals surface area contributed by atoms with E-state index in [1.807, 2.05) is 6.07 Å². The molecule has 1 aromatic heterocycles. The number of rotatable bonds is 12. The van der Waals surface area contributed by atoms with Crippen LogP contribution in [-0.2, 0) is 38.7 Å². The summed E-state index contributed by atoms with van der Waals surface area (Å²) >= 11 is 1.52. The van der Waals surface area contributed by atoms with Crippen molar-refractivity contribution in [1.29, 1.82) is 0 Å². The third-order valence-electron chi connectivity index (χ3n) is 4.06. The van der Waals surface area contributed by atoms with Gasteiger partial charge >= 0.3 is 157 Å². The Labute approximate surface area is 156 Å². The van der Waals surface area contributed by atoms with Crippen LogP contribution in [0, 0.1) is 0 Å². The summed E-state index contributed by atoms with van der Waals surface area (Å²) in [4.78, 5) is 4.58. The van der Waals surface area contributed by atoms with Crippen LogP contribution in [-0.4, -0.2) is 9.01 Å². The van der Waals surface area contributed by atoms with Crippen LogP contribution in [0.5, 0.6) is 0 Å². The Balaban J connectivity index is 1.63. The first-order chi connectivity index (χ1) is 11.8. The number of hydrogen-bond donors (Lipinski definition) is 1. The third-order valence-corrected chi connectivity index (χ3v) is 5.31. The number of aryl methyl sites for hydroxylation is 2. The van der Waals surface area contributed by atoms with E-state index >= 15 is 0 Å². The van der Waals surface area contributed by atoms with E-state index in [-0.39, 0.29) is 0 Å². The SMILES string of the molecule is CCCCCCC[C](=[W])NCc1nc(CCc2ccccc2)co1. The van der Waals surface area contributed by atoms with Gasteiger partial charge in [0.2, 0.25) is 0 Å². The molecule has 24 heavy (non-hydrogen) atoms. The molecule has 0 unspecified atom stereocenters. The van der Waals surface area contributed by atoms with Crippen molar-refractivity contribution in [1.82, 2.24) is 10.3 Å². The second-order valence-corrected chi connectivity index (χ2v) is 7.93. The quantitative estimate of drug-likeness (QED) is 0.437. The number of nitrogens with zero attached hydrogens (tertiary/aromatic N) is 1. The van der Waals surface area contributed by atoms with Gasteiger partial charge in [-0.25, -0.2) is 0 Å². The third kappa shape index (κ3) is 7.68. The fraction of sp³-hybridized carbons (Fsp3) is 0.500. The van der Waals surface area contributed by atoms with Crippen molar-refractivity contribution >= 4 is 4.02 Å². The Kier molecular flexibility index (Phi) is 9.23. The van der Waals surface area contributed by atoms with Crippen LogP contribution in [0.2, 0.25) is 0 Å². The molecule has 0 bridgehead atoms. The Morgan fingerprint density at radius 3 is 2.67 bits per heavy atom. The Bertz CT molecular complexity index is 595. The van der Waals surface area contributed by atoms with Crippen LogP contribution in [0.1, 0.15) is 62.6 Å². The molecule has 0 amide bonds. The number of nitrogens with one attached hydrogen (secondary N) is 1. The summed E-state index contributed by atoms with van der Waals surface area (Å²) in [6.07, 6.45) is 11.6. The van der Waals surface area contributed by atoms with Crippen molar-refractivity contribution in [3.63, 3.8) is 0 Å². The minimum atomic E-state index is 0.707. The molecule has 2 aromatic rings. The van der Waals surface area contributed by atoms with E-state index in [1.165, 1.54) is 67.5 Å². The van der Waals surface area contributed by atoms with E-state index in [0.717, 1.165) is 24.4 Å². The van der Waals surface area contributed by atoms with Crippen LogP contribution in [0.25, 0.3) is 0 Å². The number of aromatic nitrogens is 1. The van der Waals surface area contributed by atoms with Crippen molar-refractivity contribution in [3.8, 4) is 0 Å². The predicted octanol–water partition coefficient (Wildman–Crippen LogP) is 4.59. The first-order valence-corrected chi connectivity index (χ1v) is 10.5. The molecule has 0 saturated heterocycles. The van der Waals surface area contributed by atoms with Gasteiger partial charge in [0.1, 0.15) is 0 Å². The van der Waals surface area contributed by atoms with Gasteiger partial charge in [-0.3, -0.25) is 0 Å². The zero-order valence-corrected chi connectivity index (χ0v) is 17.5. The van der Waals surface area contributed by atoms with E-state index < -0.39 is 0 Å². The molecule has 0 saturated carbocycles. The van der Waals surface area contributed by atoms with E-state index in [9.17, 15) is 0 Å². The molecule has 1 N–H and O–H groups in total. The standard InChI is InChI=1S/C20H28N2O.W/c1-2-3-4-5-6-10-15-21-16-20-22-19(17-23-20)14-13-18-11-8-7-9-12-18;/h7-9,11-12,17,21H,2-6,10,13-14,16H2,1H3;. The fourth-order valence-electron chi connectivity index (χ4n) is 2.61. The van der Waals surface area contributed by atoms with Gasteiger partial charge in [0, 0.05) is 0 Å². The molecule has 0 aliphatic rings. The molecule has 0 aliphatic heterocycles. The van der Waals surface area contributed by atoms with Gasteiger partial charge in [-0.05, 0) is 0 Å². The van der Waals surface area contributed by atoms with Crippen LogP contribution in [0.3, 0.4) is 0 Å². The molecule has 1 heterocycles. The van der Waals surface area contributed by atoms with Gasteiger partial charge in [0.05, 0.1) is 0 Å². The van der Waals surface area contributed by atoms with E-state index in [4.69, 9.17) is 4.42 Å². The zero-order valence-electron chi connectivity index (χ0n) is 14.6. The van der Waals surface area contributed by atoms with Gasteiger partial charge in [-0.15, -0.1) is 0 Å². The second-order valence-electron chi connectivity index (χ2n) is 6.16. The molecule has 2 rings (SSSR count). The van der Waals surface area contributed by atoms with Crippen molar-refractivity contribution in [2.45, 2.75) is 64.8 Å². The van der Waals surface area contributed by atoms with Crippen molar-refractivity contribution < 1.29 is 23.8 Å². The van der Waals surface area contributed by atoms with Gasteiger partial charge in [0.25, 0.3) is 0 Å². The molecule has 130 valence electrons. The molecule has 4 heteroatoms. The van der Waals surface area contributed by atoms with Gasteiger partial charge in [0.15, 0.2) is 0 Å². The van der Waals surface area contributed by atoms with Crippen LogP contribution >= 0.6 is 0 Å². The molecular weight excluding hydrogens is 468 g/mol. The molecule has 0 aliphatic carbocycles. The van der Waals surface area contributed by atoms with Gasteiger partial charge in [-0.1, -0.05) is 0 Å². The average molecular weight is 496 g/mol. The van der Waals surface area contributed by atoms with Crippen molar-refractivity contribution in [2.75, 3.05) is 0 Å². The second kappa shape index (κ2) is 11.5. The van der Waals surface area contributed by atoms with E-state index in [0.29, 0.717) is 6.54 Å². The zero-order chi connectivity index (χ0) is 17.0. The van der Waals surface area contributed by atoms with Crippen LogP contribution in [0.4, 0.5) is 0 Å². The van der Waals surface area contributed by atoms with Crippen LogP contribution in [0.15, 0.2) is 41.0 Å². The molecule has 0 fully saturated rings. The number of benzene rings is 1. The monoisotopic (exact) mass is 496 g/mol.